The number of ether oxygens (including phenoxy) is 1. The summed E-state index contributed by atoms with van der Waals surface area (Å²) in [7, 11) is 2.85. The molecular formula is C15H15F2NO3. The van der Waals surface area contributed by atoms with Crippen molar-refractivity contribution >= 4 is 5.97 Å². The first-order chi connectivity index (χ1) is 9.97. The fourth-order valence-electron chi connectivity index (χ4n) is 2.07. The Labute approximate surface area is 120 Å². The second-order valence-electron chi connectivity index (χ2n) is 4.54. The van der Waals surface area contributed by atoms with Crippen LogP contribution < -0.4 is 5.32 Å². The van der Waals surface area contributed by atoms with Gasteiger partial charge < -0.3 is 14.5 Å². The molecule has 0 bridgehead atoms. The monoisotopic (exact) mass is 295 g/mol. The zero-order valence-corrected chi connectivity index (χ0v) is 11.9. The molecule has 0 saturated heterocycles. The van der Waals surface area contributed by atoms with Crippen LogP contribution in [0.2, 0.25) is 0 Å². The van der Waals surface area contributed by atoms with Crippen LogP contribution in [-0.2, 0) is 4.74 Å². The molecule has 0 aliphatic heterocycles. The topological polar surface area (TPSA) is 51.5 Å². The largest absolute Gasteiger partial charge is 0.463 e. The lowest BCUT2D eigenvalue weighted by atomic mass is 10.0. The van der Waals surface area contributed by atoms with Gasteiger partial charge in [0.1, 0.15) is 17.4 Å². The van der Waals surface area contributed by atoms with E-state index < -0.39 is 23.6 Å². The molecule has 2 rings (SSSR count). The van der Waals surface area contributed by atoms with E-state index in [9.17, 15) is 13.6 Å². The Kier molecular flexibility index (Phi) is 4.37. The second-order valence-corrected chi connectivity index (χ2v) is 4.54. The van der Waals surface area contributed by atoms with Crippen molar-refractivity contribution in [3.63, 3.8) is 0 Å². The number of methoxy groups -OCH3 is 1. The van der Waals surface area contributed by atoms with Crippen molar-refractivity contribution in [1.82, 2.24) is 5.32 Å². The highest BCUT2D eigenvalue weighted by Crippen LogP contribution is 2.27. The first kappa shape index (κ1) is 15.2. The van der Waals surface area contributed by atoms with Crippen LogP contribution >= 0.6 is 0 Å². The quantitative estimate of drug-likeness (QED) is 0.881. The summed E-state index contributed by atoms with van der Waals surface area (Å²) in [6.45, 7) is 1.55. The third-order valence-corrected chi connectivity index (χ3v) is 3.18. The third-order valence-electron chi connectivity index (χ3n) is 3.18. The predicted molar refractivity (Wildman–Crippen MR) is 72.0 cm³/mol. The smallest absolute Gasteiger partial charge is 0.373 e. The van der Waals surface area contributed by atoms with Crippen molar-refractivity contribution in [3.8, 4) is 0 Å². The highest BCUT2D eigenvalue weighted by atomic mass is 19.1. The maximum Gasteiger partial charge on any atom is 0.373 e. The highest BCUT2D eigenvalue weighted by molar-refractivity contribution is 5.86. The van der Waals surface area contributed by atoms with Crippen LogP contribution in [0.25, 0.3) is 0 Å². The van der Waals surface area contributed by atoms with E-state index in [1.54, 1.807) is 20.0 Å². The summed E-state index contributed by atoms with van der Waals surface area (Å²) in [5.41, 5.74) is 0.563. The van der Waals surface area contributed by atoms with Crippen LogP contribution in [-0.4, -0.2) is 20.1 Å². The zero-order chi connectivity index (χ0) is 15.6. The Balaban J connectivity index is 2.42. The van der Waals surface area contributed by atoms with Gasteiger partial charge in [-0.3, -0.25) is 0 Å². The van der Waals surface area contributed by atoms with Crippen molar-refractivity contribution in [2.24, 2.45) is 0 Å². The fourth-order valence-corrected chi connectivity index (χ4v) is 2.07. The molecule has 1 heterocycles. The van der Waals surface area contributed by atoms with Crippen LogP contribution in [0, 0.1) is 18.6 Å². The first-order valence-electron chi connectivity index (χ1n) is 6.28. The van der Waals surface area contributed by atoms with Gasteiger partial charge >= 0.3 is 5.97 Å². The molecule has 1 N–H and O–H groups in total. The molecule has 1 aromatic heterocycles. The number of esters is 1. The second kappa shape index (κ2) is 6.05. The summed E-state index contributed by atoms with van der Waals surface area (Å²) in [6, 6.07) is 4.60. The van der Waals surface area contributed by atoms with Gasteiger partial charge in [-0.2, -0.15) is 0 Å². The molecule has 0 radical (unpaired) electrons. The van der Waals surface area contributed by atoms with Crippen molar-refractivity contribution in [3.05, 3.63) is 58.5 Å². The van der Waals surface area contributed by atoms with E-state index in [-0.39, 0.29) is 11.3 Å². The van der Waals surface area contributed by atoms with E-state index in [1.807, 2.05) is 0 Å². The van der Waals surface area contributed by atoms with E-state index in [1.165, 1.54) is 19.2 Å². The third kappa shape index (κ3) is 2.95. The number of benzene rings is 1. The summed E-state index contributed by atoms with van der Waals surface area (Å²) >= 11 is 0. The molecular weight excluding hydrogens is 280 g/mol. The fraction of sp³-hybridized carbons (Fsp3) is 0.267. The number of hydrogen-bond acceptors (Lipinski definition) is 4. The number of hydrogen-bond donors (Lipinski definition) is 1. The number of carbonyl (C=O) groups is 1. The molecule has 21 heavy (non-hydrogen) atoms. The molecule has 2 aromatic rings. The molecule has 0 saturated carbocycles. The summed E-state index contributed by atoms with van der Waals surface area (Å²) < 4.78 is 37.2. The molecule has 4 nitrogen and oxygen atoms in total. The van der Waals surface area contributed by atoms with E-state index in [0.29, 0.717) is 11.3 Å². The Morgan fingerprint density at radius 1 is 1.29 bits per heavy atom. The van der Waals surface area contributed by atoms with E-state index in [0.717, 1.165) is 6.07 Å². The van der Waals surface area contributed by atoms with Gasteiger partial charge in [-0.1, -0.05) is 0 Å². The van der Waals surface area contributed by atoms with Crippen LogP contribution in [0.15, 0.2) is 28.7 Å². The van der Waals surface area contributed by atoms with E-state index in [2.05, 4.69) is 10.1 Å². The molecule has 0 aliphatic carbocycles. The van der Waals surface area contributed by atoms with Crippen molar-refractivity contribution in [1.29, 1.82) is 0 Å². The van der Waals surface area contributed by atoms with Gasteiger partial charge in [0, 0.05) is 11.6 Å². The minimum atomic E-state index is -0.687. The Morgan fingerprint density at radius 2 is 2.00 bits per heavy atom. The van der Waals surface area contributed by atoms with Crippen molar-refractivity contribution in [2.75, 3.05) is 14.2 Å². The Morgan fingerprint density at radius 3 is 2.62 bits per heavy atom. The van der Waals surface area contributed by atoms with E-state index in [4.69, 9.17) is 4.42 Å². The van der Waals surface area contributed by atoms with Crippen LogP contribution in [0.5, 0.6) is 0 Å². The predicted octanol–water partition coefficient (Wildman–Crippen LogP) is 2.96. The van der Waals surface area contributed by atoms with Crippen LogP contribution in [0.1, 0.15) is 33.5 Å². The Hall–Kier alpha value is -2.21. The summed E-state index contributed by atoms with van der Waals surface area (Å²) in [5.74, 6) is -1.56. The van der Waals surface area contributed by atoms with Crippen LogP contribution in [0.4, 0.5) is 8.78 Å². The number of rotatable bonds is 4. The molecule has 0 fully saturated rings. The highest BCUT2D eigenvalue weighted by Gasteiger charge is 2.22. The number of carbonyl (C=O) groups excluding carboxylic acids is 1. The molecule has 1 atom stereocenters. The first-order valence-corrected chi connectivity index (χ1v) is 6.28. The molecule has 6 heteroatoms. The lowest BCUT2D eigenvalue weighted by Gasteiger charge is -2.16. The van der Waals surface area contributed by atoms with Gasteiger partial charge in [0.05, 0.1) is 13.2 Å². The zero-order valence-electron chi connectivity index (χ0n) is 11.9. The van der Waals surface area contributed by atoms with Gasteiger partial charge in [0.25, 0.3) is 0 Å². The average molecular weight is 295 g/mol. The average Bonchev–Trinajstić information content (AvgIpc) is 2.94. The molecule has 1 aromatic carbocycles. The van der Waals surface area contributed by atoms with Gasteiger partial charge in [-0.05, 0) is 37.7 Å². The minimum Gasteiger partial charge on any atom is -0.463 e. The number of furan rings is 1. The molecule has 0 amide bonds. The summed E-state index contributed by atoms with van der Waals surface area (Å²) in [4.78, 5) is 11.4. The maximum atomic E-state index is 14.0. The van der Waals surface area contributed by atoms with Crippen LogP contribution in [0.3, 0.4) is 0 Å². The molecule has 0 aliphatic rings. The number of nitrogens with one attached hydrogen (secondary N) is 1. The standard InChI is InChI=1S/C15H15F2NO3/c1-8-6-9(11(17)7-10(8)16)14(18-2)12-4-5-13(21-12)15(19)20-3/h4-7,14,18H,1-3H3. The number of aryl methyl sites for hydroxylation is 1. The summed E-state index contributed by atoms with van der Waals surface area (Å²) in [5, 5.41) is 2.88. The molecule has 0 spiro atoms. The van der Waals surface area contributed by atoms with Gasteiger partial charge in [0.15, 0.2) is 0 Å². The SMILES string of the molecule is CNC(c1ccc(C(=O)OC)o1)c1cc(C)c(F)cc1F. The van der Waals surface area contributed by atoms with Crippen molar-refractivity contribution in [2.45, 2.75) is 13.0 Å². The van der Waals surface area contributed by atoms with Crippen molar-refractivity contribution < 1.29 is 22.7 Å². The lowest BCUT2D eigenvalue weighted by Crippen LogP contribution is -2.19. The minimum absolute atomic E-state index is 0.0204. The normalized spacial score (nSPS) is 12.2. The molecule has 1 unspecified atom stereocenters. The van der Waals surface area contributed by atoms with Gasteiger partial charge in [-0.15, -0.1) is 0 Å². The number of halogens is 2. The lowest BCUT2D eigenvalue weighted by molar-refractivity contribution is 0.0562. The van der Waals surface area contributed by atoms with Gasteiger partial charge in [0.2, 0.25) is 5.76 Å². The molecule has 112 valence electrons. The van der Waals surface area contributed by atoms with E-state index >= 15 is 0 Å². The Bertz CT molecular complexity index is 667. The maximum absolute atomic E-state index is 14.0. The van der Waals surface area contributed by atoms with Gasteiger partial charge in [-0.25, -0.2) is 13.6 Å². The summed E-state index contributed by atoms with van der Waals surface area (Å²) in [6.07, 6.45) is 0.